The minimum Gasteiger partial charge on any atom is -0.322 e. The first kappa shape index (κ1) is 15.7. The fraction of sp³-hybridized carbons (Fsp3) is 0.133. The summed E-state index contributed by atoms with van der Waals surface area (Å²) in [4.78, 5) is 12.3. The Kier molecular flexibility index (Phi) is 4.49. The van der Waals surface area contributed by atoms with Crippen LogP contribution < -0.4 is 5.32 Å². The highest BCUT2D eigenvalue weighted by Crippen LogP contribution is 2.20. The molecule has 0 bridgehead atoms. The molecule has 0 fully saturated rings. The third-order valence-corrected chi connectivity index (χ3v) is 4.39. The Hall–Kier alpha value is -1.66. The van der Waals surface area contributed by atoms with Crippen molar-refractivity contribution < 1.29 is 13.2 Å². The van der Waals surface area contributed by atoms with Crippen LogP contribution in [-0.2, 0) is 9.84 Å². The first-order valence-corrected chi connectivity index (χ1v) is 8.83. The molecule has 110 valence electrons. The Morgan fingerprint density at radius 2 is 1.86 bits per heavy atom. The first-order valence-electron chi connectivity index (χ1n) is 6.14. The van der Waals surface area contributed by atoms with E-state index in [4.69, 9.17) is 0 Å². The van der Waals surface area contributed by atoms with Crippen molar-refractivity contribution in [2.24, 2.45) is 0 Å². The number of hydrogen-bond acceptors (Lipinski definition) is 3. The van der Waals surface area contributed by atoms with E-state index in [-0.39, 0.29) is 10.8 Å². The minimum absolute atomic E-state index is 0.126. The Labute approximate surface area is 132 Å². The summed E-state index contributed by atoms with van der Waals surface area (Å²) in [6.07, 6.45) is 1.11. The summed E-state index contributed by atoms with van der Waals surface area (Å²) in [5.41, 5.74) is 1.96. The van der Waals surface area contributed by atoms with Crippen LogP contribution in [-0.4, -0.2) is 20.6 Å². The number of carbonyl (C=O) groups is 1. The molecule has 1 amide bonds. The number of nitrogens with one attached hydrogen (secondary N) is 1. The zero-order chi connectivity index (χ0) is 15.6. The van der Waals surface area contributed by atoms with E-state index in [0.29, 0.717) is 11.3 Å². The van der Waals surface area contributed by atoms with Crippen LogP contribution in [0.4, 0.5) is 5.69 Å². The average Bonchev–Trinajstić information content (AvgIpc) is 2.36. The van der Waals surface area contributed by atoms with E-state index in [2.05, 4.69) is 21.2 Å². The lowest BCUT2D eigenvalue weighted by atomic mass is 10.2. The van der Waals surface area contributed by atoms with Gasteiger partial charge in [-0.25, -0.2) is 8.42 Å². The quantitative estimate of drug-likeness (QED) is 0.903. The SMILES string of the molecule is Cc1cc(Br)cc(NC(=O)c2cccc(S(C)(=O)=O)c2)c1. The van der Waals surface area contributed by atoms with Crippen molar-refractivity contribution in [1.82, 2.24) is 0 Å². The Morgan fingerprint density at radius 3 is 2.48 bits per heavy atom. The van der Waals surface area contributed by atoms with E-state index in [1.54, 1.807) is 18.2 Å². The van der Waals surface area contributed by atoms with Crippen LogP contribution >= 0.6 is 15.9 Å². The second-order valence-corrected chi connectivity index (χ2v) is 7.70. The zero-order valence-electron chi connectivity index (χ0n) is 11.6. The summed E-state index contributed by atoms with van der Waals surface area (Å²) in [6, 6.07) is 11.5. The second kappa shape index (κ2) is 5.99. The van der Waals surface area contributed by atoms with Crippen LogP contribution in [0.25, 0.3) is 0 Å². The molecule has 2 rings (SSSR count). The van der Waals surface area contributed by atoms with Gasteiger partial charge in [0.1, 0.15) is 0 Å². The molecule has 0 saturated heterocycles. The fourth-order valence-electron chi connectivity index (χ4n) is 1.88. The molecule has 0 aromatic heterocycles. The lowest BCUT2D eigenvalue weighted by Gasteiger charge is -2.08. The maximum Gasteiger partial charge on any atom is 0.255 e. The maximum atomic E-state index is 12.2. The van der Waals surface area contributed by atoms with E-state index in [0.717, 1.165) is 16.3 Å². The molecule has 0 unspecified atom stereocenters. The number of carbonyl (C=O) groups excluding carboxylic acids is 1. The number of hydrogen-bond donors (Lipinski definition) is 1. The average molecular weight is 368 g/mol. The van der Waals surface area contributed by atoms with Gasteiger partial charge in [0.15, 0.2) is 9.84 Å². The normalized spacial score (nSPS) is 11.2. The van der Waals surface area contributed by atoms with Gasteiger partial charge in [-0.2, -0.15) is 0 Å². The first-order chi connectivity index (χ1) is 9.75. The molecule has 0 aliphatic carbocycles. The van der Waals surface area contributed by atoms with Crippen molar-refractivity contribution in [2.75, 3.05) is 11.6 Å². The van der Waals surface area contributed by atoms with E-state index in [1.807, 2.05) is 19.1 Å². The molecule has 0 heterocycles. The van der Waals surface area contributed by atoms with Gasteiger partial charge in [-0.3, -0.25) is 4.79 Å². The smallest absolute Gasteiger partial charge is 0.255 e. The van der Waals surface area contributed by atoms with Gasteiger partial charge in [0.25, 0.3) is 5.91 Å². The molecule has 4 nitrogen and oxygen atoms in total. The van der Waals surface area contributed by atoms with E-state index >= 15 is 0 Å². The summed E-state index contributed by atoms with van der Waals surface area (Å²) in [6.45, 7) is 1.92. The van der Waals surface area contributed by atoms with Gasteiger partial charge in [-0.05, 0) is 48.9 Å². The predicted molar refractivity (Wildman–Crippen MR) is 86.4 cm³/mol. The molecule has 0 atom stereocenters. The van der Waals surface area contributed by atoms with Crippen molar-refractivity contribution in [3.05, 3.63) is 58.1 Å². The van der Waals surface area contributed by atoms with Crippen LogP contribution in [0.3, 0.4) is 0 Å². The van der Waals surface area contributed by atoms with Gasteiger partial charge in [0.05, 0.1) is 4.90 Å². The van der Waals surface area contributed by atoms with Gasteiger partial charge >= 0.3 is 0 Å². The van der Waals surface area contributed by atoms with Crippen LogP contribution in [0, 0.1) is 6.92 Å². The highest BCUT2D eigenvalue weighted by molar-refractivity contribution is 9.10. The largest absolute Gasteiger partial charge is 0.322 e. The summed E-state index contributed by atoms with van der Waals surface area (Å²) >= 11 is 3.37. The van der Waals surface area contributed by atoms with E-state index < -0.39 is 9.84 Å². The van der Waals surface area contributed by atoms with Gasteiger partial charge < -0.3 is 5.32 Å². The monoisotopic (exact) mass is 367 g/mol. The molecule has 21 heavy (non-hydrogen) atoms. The van der Waals surface area contributed by atoms with Gasteiger partial charge in [0, 0.05) is 22.0 Å². The number of rotatable bonds is 3. The van der Waals surface area contributed by atoms with E-state index in [1.165, 1.54) is 12.1 Å². The van der Waals surface area contributed by atoms with Gasteiger partial charge in [0.2, 0.25) is 0 Å². The van der Waals surface area contributed by atoms with Crippen LogP contribution in [0.5, 0.6) is 0 Å². The Bertz CT molecular complexity index is 780. The standard InChI is InChI=1S/C15H14BrNO3S/c1-10-6-12(16)9-13(7-10)17-15(18)11-4-3-5-14(8-11)21(2,19)20/h3-9H,1-2H3,(H,17,18). The van der Waals surface area contributed by atoms with Crippen molar-refractivity contribution in [1.29, 1.82) is 0 Å². The van der Waals surface area contributed by atoms with Crippen molar-refractivity contribution in [2.45, 2.75) is 11.8 Å². The van der Waals surface area contributed by atoms with Gasteiger partial charge in [-0.1, -0.05) is 22.0 Å². The molecular formula is C15H14BrNO3S. The lowest BCUT2D eigenvalue weighted by molar-refractivity contribution is 0.102. The van der Waals surface area contributed by atoms with Gasteiger partial charge in [-0.15, -0.1) is 0 Å². The number of anilines is 1. The molecule has 6 heteroatoms. The van der Waals surface area contributed by atoms with Crippen LogP contribution in [0.2, 0.25) is 0 Å². The van der Waals surface area contributed by atoms with Crippen molar-refractivity contribution >= 4 is 37.4 Å². The Morgan fingerprint density at radius 1 is 1.14 bits per heavy atom. The second-order valence-electron chi connectivity index (χ2n) is 4.77. The highest BCUT2D eigenvalue weighted by atomic mass is 79.9. The fourth-order valence-corrected chi connectivity index (χ4v) is 3.15. The number of amides is 1. The summed E-state index contributed by atoms with van der Waals surface area (Å²) in [5, 5.41) is 2.75. The molecule has 2 aromatic carbocycles. The van der Waals surface area contributed by atoms with Crippen molar-refractivity contribution in [3.8, 4) is 0 Å². The topological polar surface area (TPSA) is 63.2 Å². The lowest BCUT2D eigenvalue weighted by Crippen LogP contribution is -2.12. The molecule has 1 N–H and O–H groups in total. The number of sulfone groups is 1. The Balaban J connectivity index is 2.28. The van der Waals surface area contributed by atoms with Crippen molar-refractivity contribution in [3.63, 3.8) is 0 Å². The molecule has 0 aliphatic heterocycles. The third-order valence-electron chi connectivity index (χ3n) is 2.82. The summed E-state index contributed by atoms with van der Waals surface area (Å²) in [5.74, 6) is -0.349. The zero-order valence-corrected chi connectivity index (χ0v) is 14.0. The van der Waals surface area contributed by atoms with E-state index in [9.17, 15) is 13.2 Å². The van der Waals surface area contributed by atoms with Crippen LogP contribution in [0.1, 0.15) is 15.9 Å². The molecule has 2 aromatic rings. The molecule has 0 radical (unpaired) electrons. The van der Waals surface area contributed by atoms with Crippen LogP contribution in [0.15, 0.2) is 51.8 Å². The third kappa shape index (κ3) is 4.15. The maximum absolute atomic E-state index is 12.2. The number of aryl methyl sites for hydroxylation is 1. The number of halogens is 1. The molecule has 0 aliphatic rings. The highest BCUT2D eigenvalue weighted by Gasteiger charge is 2.12. The molecule has 0 saturated carbocycles. The summed E-state index contributed by atoms with van der Waals surface area (Å²) in [7, 11) is -3.33. The molecular weight excluding hydrogens is 354 g/mol. The number of benzene rings is 2. The molecule has 0 spiro atoms. The minimum atomic E-state index is -3.33. The predicted octanol–water partition coefficient (Wildman–Crippen LogP) is 3.41. The summed E-state index contributed by atoms with van der Waals surface area (Å²) < 4.78 is 23.9.